The van der Waals surface area contributed by atoms with E-state index >= 15 is 0 Å². The van der Waals surface area contributed by atoms with Gasteiger partial charge in [0.25, 0.3) is 0 Å². The van der Waals surface area contributed by atoms with E-state index in [2.05, 4.69) is 25.8 Å². The summed E-state index contributed by atoms with van der Waals surface area (Å²) in [6.07, 6.45) is 6.45. The van der Waals surface area contributed by atoms with Crippen LogP contribution in [0, 0.1) is 5.41 Å². The third-order valence-corrected chi connectivity index (χ3v) is 3.35. The minimum absolute atomic E-state index is 0.0556. The number of carbonyl (C=O) groups excluding carboxylic acids is 1. The normalized spacial score (nSPS) is 11.6. The van der Waals surface area contributed by atoms with Crippen molar-refractivity contribution in [2.45, 2.75) is 59.3 Å². The fraction of sp³-hybridized carbons (Fsp3) is 0.909. The van der Waals surface area contributed by atoms with Gasteiger partial charge in [-0.2, -0.15) is 0 Å². The number of carbonyl (C=O) groups is 1. The zero-order valence-corrected chi connectivity index (χ0v) is 12.2. The average molecular weight is 215 g/mol. The number of amides is 1. The summed E-state index contributed by atoms with van der Waals surface area (Å²) in [7, 11) is 0.775. The van der Waals surface area contributed by atoms with Gasteiger partial charge in [-0.25, -0.2) is 0 Å². The summed E-state index contributed by atoms with van der Waals surface area (Å²) < 4.78 is 0. The predicted octanol–water partition coefficient (Wildman–Crippen LogP) is 1.77. The van der Waals surface area contributed by atoms with Gasteiger partial charge < -0.3 is 4.98 Å². The molecule has 84 valence electrons. The van der Waals surface area contributed by atoms with E-state index in [1.54, 1.807) is 0 Å². The Bertz CT molecular complexity index is 154. The van der Waals surface area contributed by atoms with Gasteiger partial charge in [0.05, 0.1) is 0 Å². The Morgan fingerprint density at radius 1 is 1.07 bits per heavy atom. The Morgan fingerprint density at radius 2 is 1.43 bits per heavy atom. The maximum Gasteiger partial charge on any atom is 0.217 e. The summed E-state index contributed by atoms with van der Waals surface area (Å²) in [6.45, 7) is 6.50. The van der Waals surface area contributed by atoms with Gasteiger partial charge in [0.2, 0.25) is 5.91 Å². The molecule has 0 heterocycles. The topological polar surface area (TPSA) is 29.1 Å². The van der Waals surface area contributed by atoms with E-state index in [4.69, 9.17) is 0 Å². The number of hydrogen-bond acceptors (Lipinski definition) is 1. The Kier molecular flexibility index (Phi) is 6.88. The van der Waals surface area contributed by atoms with E-state index in [-0.39, 0.29) is 5.41 Å². The molecule has 0 rings (SSSR count). The van der Waals surface area contributed by atoms with Gasteiger partial charge in [0.1, 0.15) is 10.4 Å². The lowest BCUT2D eigenvalue weighted by Crippen LogP contribution is -2.39. The fourth-order valence-electron chi connectivity index (χ4n) is 2.42. The van der Waals surface area contributed by atoms with E-state index in [0.717, 1.165) is 48.9 Å². The van der Waals surface area contributed by atoms with Crippen LogP contribution in [0.1, 0.15) is 59.3 Å². The first-order chi connectivity index (χ1) is 6.66. The number of rotatable bonds is 7. The molecule has 0 unspecified atom stereocenters. The summed E-state index contributed by atoms with van der Waals surface area (Å²) in [5, 5.41) is 0. The molecule has 0 saturated carbocycles. The summed E-state index contributed by atoms with van der Waals surface area (Å²) in [6, 6.07) is 0. The highest BCUT2D eigenvalue weighted by Crippen LogP contribution is 2.35. The number of hydrogen-bond donors (Lipinski definition) is 1. The maximum atomic E-state index is 11.9. The largest absolute Gasteiger partial charge is 0.390 e. The molecule has 3 heteroatoms. The van der Waals surface area contributed by atoms with Crippen molar-refractivity contribution in [2.75, 3.05) is 0 Å². The first-order valence-corrected chi connectivity index (χ1v) is 6.89. The monoisotopic (exact) mass is 215 g/mol. The maximum absolute atomic E-state index is 11.9. The lowest BCUT2D eigenvalue weighted by Gasteiger charge is -2.31. The molecule has 14 heavy (non-hydrogen) atoms. The Labute approximate surface area is 91.4 Å². The summed E-state index contributed by atoms with van der Waals surface area (Å²) in [5.41, 5.74) is -0.0556. The van der Waals surface area contributed by atoms with Crippen molar-refractivity contribution >= 4 is 16.3 Å². The van der Waals surface area contributed by atoms with E-state index in [1.807, 2.05) is 0 Å². The molecule has 0 atom stereocenters. The van der Waals surface area contributed by atoms with Crippen LogP contribution in [0.4, 0.5) is 0 Å². The highest BCUT2D eigenvalue weighted by molar-refractivity contribution is 6.15. The van der Waals surface area contributed by atoms with Crippen LogP contribution in [0.2, 0.25) is 0 Å². The van der Waals surface area contributed by atoms with Gasteiger partial charge in [0, 0.05) is 5.41 Å². The Morgan fingerprint density at radius 3 is 1.64 bits per heavy atom. The molecule has 0 aliphatic rings. The van der Waals surface area contributed by atoms with Crippen LogP contribution in [-0.4, -0.2) is 16.3 Å². The van der Waals surface area contributed by atoms with E-state index in [0.29, 0.717) is 5.91 Å². The van der Waals surface area contributed by atoms with Crippen molar-refractivity contribution in [3.63, 3.8) is 0 Å². The first-order valence-electron chi connectivity index (χ1n) is 5.89. The highest BCUT2D eigenvalue weighted by atomic mass is 28.2. The smallest absolute Gasteiger partial charge is 0.217 e. The Balaban J connectivity index is 4.62. The average Bonchev–Trinajstić information content (AvgIpc) is 2.17. The van der Waals surface area contributed by atoms with Crippen LogP contribution in [0.25, 0.3) is 0 Å². The van der Waals surface area contributed by atoms with Gasteiger partial charge in [-0.3, -0.25) is 4.79 Å². The molecule has 2 nitrogen and oxygen atoms in total. The van der Waals surface area contributed by atoms with Crippen molar-refractivity contribution in [1.82, 2.24) is 4.98 Å². The van der Waals surface area contributed by atoms with E-state index in [9.17, 15) is 4.79 Å². The van der Waals surface area contributed by atoms with E-state index in [1.165, 1.54) is 0 Å². The predicted molar refractivity (Wildman–Crippen MR) is 65.2 cm³/mol. The molecule has 1 N–H and O–H groups in total. The van der Waals surface area contributed by atoms with Crippen molar-refractivity contribution in [3.05, 3.63) is 0 Å². The summed E-state index contributed by atoms with van der Waals surface area (Å²) in [5.74, 6) is 0.301. The quantitative estimate of drug-likeness (QED) is 0.644. The van der Waals surface area contributed by atoms with Crippen LogP contribution < -0.4 is 4.98 Å². The van der Waals surface area contributed by atoms with Gasteiger partial charge in [-0.1, -0.05) is 40.0 Å². The SMILES string of the molecule is CCCC(CCC)(CCC)C(=O)N[SiH3]. The number of nitrogens with one attached hydrogen (secondary N) is 1. The van der Waals surface area contributed by atoms with Gasteiger partial charge >= 0.3 is 0 Å². The van der Waals surface area contributed by atoms with Gasteiger partial charge in [0.15, 0.2) is 0 Å². The van der Waals surface area contributed by atoms with Crippen LogP contribution >= 0.6 is 0 Å². The highest BCUT2D eigenvalue weighted by Gasteiger charge is 2.34. The van der Waals surface area contributed by atoms with Crippen LogP contribution in [-0.2, 0) is 4.79 Å². The molecule has 0 aliphatic heterocycles. The molecule has 0 fully saturated rings. The molecule has 0 aromatic heterocycles. The van der Waals surface area contributed by atoms with Crippen molar-refractivity contribution in [1.29, 1.82) is 0 Å². The van der Waals surface area contributed by atoms with Crippen molar-refractivity contribution < 1.29 is 4.79 Å². The zero-order valence-electron chi connectivity index (χ0n) is 10.2. The Hall–Kier alpha value is -0.313. The molecule has 0 spiro atoms. The molecule has 1 amide bonds. The standard InChI is InChI=1S/C11H25NOSi/c1-4-7-11(8-5-2,9-6-3)10(13)12-14/h4-9H2,1-3,14H3,(H,12,13). The first kappa shape index (κ1) is 13.7. The molecule has 0 saturated heterocycles. The molecule has 0 aliphatic carbocycles. The van der Waals surface area contributed by atoms with Crippen LogP contribution in [0.3, 0.4) is 0 Å². The van der Waals surface area contributed by atoms with Crippen molar-refractivity contribution in [3.8, 4) is 0 Å². The molecule has 0 bridgehead atoms. The van der Waals surface area contributed by atoms with Crippen LogP contribution in [0.15, 0.2) is 0 Å². The second-order valence-corrected chi connectivity index (χ2v) is 4.61. The third-order valence-electron chi connectivity index (χ3n) is 2.89. The second-order valence-electron chi connectivity index (χ2n) is 4.11. The molecule has 0 radical (unpaired) electrons. The summed E-state index contributed by atoms with van der Waals surface area (Å²) in [4.78, 5) is 14.9. The minimum atomic E-state index is -0.0556. The second kappa shape index (κ2) is 7.04. The minimum Gasteiger partial charge on any atom is -0.390 e. The van der Waals surface area contributed by atoms with Crippen LogP contribution in [0.5, 0.6) is 0 Å². The van der Waals surface area contributed by atoms with Gasteiger partial charge in [-0.15, -0.1) is 0 Å². The lowest BCUT2D eigenvalue weighted by molar-refractivity contribution is -0.130. The third kappa shape index (κ3) is 3.44. The van der Waals surface area contributed by atoms with Crippen molar-refractivity contribution in [2.24, 2.45) is 5.41 Å². The molecule has 0 aromatic rings. The lowest BCUT2D eigenvalue weighted by atomic mass is 9.75. The molecular formula is C11H25NOSi. The van der Waals surface area contributed by atoms with E-state index < -0.39 is 0 Å². The fourth-order valence-corrected chi connectivity index (χ4v) is 2.95. The van der Waals surface area contributed by atoms with Gasteiger partial charge in [-0.05, 0) is 19.3 Å². The molecular weight excluding hydrogens is 190 g/mol. The molecule has 0 aromatic carbocycles. The zero-order chi connectivity index (χ0) is 11.0. The summed E-state index contributed by atoms with van der Waals surface area (Å²) >= 11 is 0.